The Morgan fingerprint density at radius 3 is 1.85 bits per heavy atom. The van der Waals surface area contributed by atoms with E-state index >= 15 is 0 Å². The lowest BCUT2D eigenvalue weighted by molar-refractivity contribution is 0.0752. The van der Waals surface area contributed by atoms with Crippen LogP contribution in [0.1, 0.15) is 121 Å². The molecule has 0 fully saturated rings. The van der Waals surface area contributed by atoms with Gasteiger partial charge in [0.2, 0.25) is 0 Å². The lowest BCUT2D eigenvalue weighted by atomic mass is 9.70. The fourth-order valence-electron chi connectivity index (χ4n) is 4.83. The van der Waals surface area contributed by atoms with Gasteiger partial charge in [0, 0.05) is 5.41 Å². The Labute approximate surface area is 210 Å². The van der Waals surface area contributed by atoms with E-state index in [4.69, 9.17) is 0 Å². The first kappa shape index (κ1) is 30.0. The summed E-state index contributed by atoms with van der Waals surface area (Å²) in [7, 11) is 0. The molecule has 0 saturated carbocycles. The Morgan fingerprint density at radius 2 is 1.35 bits per heavy atom. The van der Waals surface area contributed by atoms with Crippen LogP contribution in [-0.2, 0) is 5.41 Å². The molecular weight excluding hydrogens is 416 g/mol. The average molecular weight is 467 g/mol. The van der Waals surface area contributed by atoms with E-state index in [-0.39, 0.29) is 5.41 Å². The van der Waals surface area contributed by atoms with Crippen LogP contribution in [0.25, 0.3) is 6.08 Å². The monoisotopic (exact) mass is 466 g/mol. The van der Waals surface area contributed by atoms with Crippen LogP contribution in [0.2, 0.25) is 0 Å². The predicted octanol–water partition coefficient (Wildman–Crippen LogP) is 9.27. The van der Waals surface area contributed by atoms with Crippen LogP contribution in [0.15, 0.2) is 42.5 Å². The normalized spacial score (nSPS) is 13.4. The number of phenols is 1. The molecular formula is C32H50O2. The first-order valence-corrected chi connectivity index (χ1v) is 13.6. The van der Waals surface area contributed by atoms with Gasteiger partial charge in [0.05, 0.1) is 5.60 Å². The van der Waals surface area contributed by atoms with Crippen molar-refractivity contribution in [2.75, 3.05) is 0 Å². The number of aromatic hydroxyl groups is 1. The van der Waals surface area contributed by atoms with Crippen molar-refractivity contribution >= 4 is 6.08 Å². The minimum atomic E-state index is -0.723. The summed E-state index contributed by atoms with van der Waals surface area (Å²) in [5.74, 6) is 0.352. The van der Waals surface area contributed by atoms with Crippen molar-refractivity contribution in [3.63, 3.8) is 0 Å². The average Bonchev–Trinajstić information content (AvgIpc) is 2.86. The van der Waals surface area contributed by atoms with Gasteiger partial charge >= 0.3 is 0 Å². The van der Waals surface area contributed by atoms with Crippen LogP contribution in [-0.4, -0.2) is 15.8 Å². The summed E-state index contributed by atoms with van der Waals surface area (Å²) in [4.78, 5) is 0. The fraction of sp³-hybridized carbons (Fsp3) is 0.562. The molecule has 1 atom stereocenters. The molecule has 0 amide bonds. The van der Waals surface area contributed by atoms with E-state index in [0.29, 0.717) is 5.75 Å². The summed E-state index contributed by atoms with van der Waals surface area (Å²) in [6.45, 7) is 16.9. The summed E-state index contributed by atoms with van der Waals surface area (Å²) < 4.78 is 0. The highest BCUT2D eigenvalue weighted by Gasteiger charge is 2.31. The second-order valence-corrected chi connectivity index (χ2v) is 9.46. The Bertz CT molecular complexity index is 892. The highest BCUT2D eigenvalue weighted by Crippen LogP contribution is 2.41. The van der Waals surface area contributed by atoms with Crippen LogP contribution in [0.3, 0.4) is 0 Å². The van der Waals surface area contributed by atoms with Gasteiger partial charge in [-0.3, -0.25) is 0 Å². The van der Waals surface area contributed by atoms with Gasteiger partial charge in [-0.25, -0.2) is 0 Å². The lowest BCUT2D eigenvalue weighted by Gasteiger charge is -2.34. The van der Waals surface area contributed by atoms with Crippen LogP contribution < -0.4 is 0 Å². The van der Waals surface area contributed by atoms with Gasteiger partial charge in [0.15, 0.2) is 0 Å². The van der Waals surface area contributed by atoms with Crippen molar-refractivity contribution in [2.45, 2.75) is 118 Å². The van der Waals surface area contributed by atoms with Gasteiger partial charge in [-0.15, -0.1) is 0 Å². The summed E-state index contributed by atoms with van der Waals surface area (Å²) in [5.41, 5.74) is 5.08. The topological polar surface area (TPSA) is 40.5 Å². The molecule has 1 unspecified atom stereocenters. The maximum Gasteiger partial charge on any atom is 0.118 e. The molecule has 2 rings (SSSR count). The number of hydrogen-bond acceptors (Lipinski definition) is 2. The van der Waals surface area contributed by atoms with Crippen molar-refractivity contribution in [1.82, 2.24) is 0 Å². The molecule has 2 N–H and O–H groups in total. The molecule has 0 bridgehead atoms. The zero-order chi connectivity index (χ0) is 25.8. The first-order chi connectivity index (χ1) is 16.2. The minimum Gasteiger partial charge on any atom is -0.508 e. The molecule has 0 aromatic heterocycles. The van der Waals surface area contributed by atoms with Crippen molar-refractivity contribution < 1.29 is 10.2 Å². The van der Waals surface area contributed by atoms with Crippen LogP contribution in [0.4, 0.5) is 0 Å². The van der Waals surface area contributed by atoms with Gasteiger partial charge in [0.25, 0.3) is 0 Å². The van der Waals surface area contributed by atoms with E-state index in [2.05, 4.69) is 71.0 Å². The van der Waals surface area contributed by atoms with E-state index in [1.165, 1.54) is 36.0 Å². The summed E-state index contributed by atoms with van der Waals surface area (Å²) >= 11 is 0. The van der Waals surface area contributed by atoms with Crippen LogP contribution >= 0.6 is 0 Å². The maximum absolute atomic E-state index is 11.0. The standard InChI is InChI=1S/C30H44O2.C2H6/c1-7-11-12-13-19-29(32,8-2)20-18-25-14-15-26(21-23(25)5)30(9-3,10-4)27-16-17-28(31)24(6)22-27;1-2/h14-18,20-22,31-32H,7-13,19H2,1-6H3;1-2H3/b20-18+;. The smallest absolute Gasteiger partial charge is 0.118 e. The second kappa shape index (κ2) is 14.4. The number of phenolic OH excluding ortho intramolecular Hbond substituents is 1. The summed E-state index contributed by atoms with van der Waals surface area (Å²) in [6.07, 6.45) is 12.4. The third-order valence-electron chi connectivity index (χ3n) is 7.43. The van der Waals surface area contributed by atoms with Gasteiger partial charge in [-0.05, 0) is 73.4 Å². The largest absolute Gasteiger partial charge is 0.508 e. The summed E-state index contributed by atoms with van der Waals surface area (Å²) in [6, 6.07) is 12.8. The minimum absolute atomic E-state index is 0.0745. The van der Waals surface area contributed by atoms with Gasteiger partial charge in [-0.1, -0.05) is 110 Å². The van der Waals surface area contributed by atoms with Crippen LogP contribution in [0.5, 0.6) is 5.75 Å². The lowest BCUT2D eigenvalue weighted by Crippen LogP contribution is -2.26. The molecule has 34 heavy (non-hydrogen) atoms. The molecule has 190 valence electrons. The number of hydrogen-bond donors (Lipinski definition) is 2. The predicted molar refractivity (Wildman–Crippen MR) is 150 cm³/mol. The second-order valence-electron chi connectivity index (χ2n) is 9.46. The van der Waals surface area contributed by atoms with E-state index < -0.39 is 5.60 Å². The molecule has 0 radical (unpaired) electrons. The first-order valence-electron chi connectivity index (χ1n) is 13.6. The SMILES string of the molecule is CC.CCCCCCC(O)(/C=C/c1ccc(C(CC)(CC)c2ccc(O)c(C)c2)cc1C)CC. The number of aliphatic hydroxyl groups is 1. The quantitative estimate of drug-likeness (QED) is 0.306. The van der Waals surface area contributed by atoms with Gasteiger partial charge in [0.1, 0.15) is 5.75 Å². The van der Waals surface area contributed by atoms with E-state index in [1.807, 2.05) is 32.9 Å². The third kappa shape index (κ3) is 7.47. The van der Waals surface area contributed by atoms with E-state index in [0.717, 1.165) is 43.2 Å². The Hall–Kier alpha value is -2.06. The molecule has 2 aromatic rings. The van der Waals surface area contributed by atoms with E-state index in [9.17, 15) is 10.2 Å². The molecule has 0 aliphatic heterocycles. The molecule has 2 nitrogen and oxygen atoms in total. The van der Waals surface area contributed by atoms with Crippen molar-refractivity contribution in [2.24, 2.45) is 0 Å². The molecule has 0 aliphatic carbocycles. The Balaban J connectivity index is 0.00000281. The van der Waals surface area contributed by atoms with Crippen molar-refractivity contribution in [3.05, 3.63) is 70.3 Å². The highest BCUT2D eigenvalue weighted by molar-refractivity contribution is 5.57. The third-order valence-corrected chi connectivity index (χ3v) is 7.43. The number of rotatable bonds is 12. The van der Waals surface area contributed by atoms with Crippen molar-refractivity contribution in [3.8, 4) is 5.75 Å². The highest BCUT2D eigenvalue weighted by atomic mass is 16.3. The Kier molecular flexibility index (Phi) is 12.7. The molecule has 0 heterocycles. The maximum atomic E-state index is 11.0. The zero-order valence-electron chi connectivity index (χ0n) is 23.2. The zero-order valence-corrected chi connectivity index (χ0v) is 23.2. The molecule has 2 heteroatoms. The number of aryl methyl sites for hydroxylation is 2. The van der Waals surface area contributed by atoms with Crippen LogP contribution in [0, 0.1) is 13.8 Å². The number of unbranched alkanes of at least 4 members (excludes halogenated alkanes) is 3. The Morgan fingerprint density at radius 1 is 0.765 bits per heavy atom. The summed E-state index contributed by atoms with van der Waals surface area (Å²) in [5, 5.41) is 21.0. The molecule has 0 saturated heterocycles. The molecule has 2 aromatic carbocycles. The van der Waals surface area contributed by atoms with Gasteiger partial charge < -0.3 is 10.2 Å². The number of benzene rings is 2. The van der Waals surface area contributed by atoms with Gasteiger partial charge in [-0.2, -0.15) is 0 Å². The van der Waals surface area contributed by atoms with E-state index in [1.54, 1.807) is 0 Å². The van der Waals surface area contributed by atoms with Crippen molar-refractivity contribution in [1.29, 1.82) is 0 Å². The fourth-order valence-corrected chi connectivity index (χ4v) is 4.83. The molecule has 0 aliphatic rings. The molecule has 0 spiro atoms.